The zero-order valence-corrected chi connectivity index (χ0v) is 11.7. The topological polar surface area (TPSA) is 50.4 Å². The number of benzene rings is 1. The third kappa shape index (κ3) is 4.90. The molecule has 2 atom stereocenters. The van der Waals surface area contributed by atoms with Crippen molar-refractivity contribution < 1.29 is 13.9 Å². The minimum atomic E-state index is -0.243. The summed E-state index contributed by atoms with van der Waals surface area (Å²) in [4.78, 5) is 11.9. The molecule has 2 rings (SSSR count). The first-order valence-electron chi connectivity index (χ1n) is 6.99. The second-order valence-corrected chi connectivity index (χ2v) is 5.20. The lowest BCUT2D eigenvalue weighted by atomic mass is 10.1. The van der Waals surface area contributed by atoms with Crippen molar-refractivity contribution >= 4 is 5.91 Å². The van der Waals surface area contributed by atoms with Crippen LogP contribution in [0.15, 0.2) is 24.3 Å². The number of amides is 1. The Hall–Kier alpha value is -1.46. The summed E-state index contributed by atoms with van der Waals surface area (Å²) >= 11 is 0. The molecule has 0 bridgehead atoms. The number of hydrogen-bond acceptors (Lipinski definition) is 3. The summed E-state index contributed by atoms with van der Waals surface area (Å²) in [5, 5.41) is 6.15. The van der Waals surface area contributed by atoms with Crippen LogP contribution in [0.3, 0.4) is 0 Å². The number of hydrogen-bond donors (Lipinski definition) is 2. The first-order chi connectivity index (χ1) is 9.63. The third-order valence-corrected chi connectivity index (χ3v) is 3.28. The number of morpholine rings is 1. The Balaban J connectivity index is 1.74. The molecule has 0 radical (unpaired) electrons. The van der Waals surface area contributed by atoms with Gasteiger partial charge in [0, 0.05) is 19.1 Å². The summed E-state index contributed by atoms with van der Waals surface area (Å²) in [7, 11) is 0. The Morgan fingerprint density at radius 1 is 1.50 bits per heavy atom. The summed E-state index contributed by atoms with van der Waals surface area (Å²) in [5.41, 5.74) is 1.01. The first kappa shape index (κ1) is 14.9. The van der Waals surface area contributed by atoms with E-state index in [2.05, 4.69) is 10.6 Å². The van der Waals surface area contributed by atoms with Crippen molar-refractivity contribution in [3.05, 3.63) is 35.6 Å². The molecule has 0 spiro atoms. The van der Waals surface area contributed by atoms with Gasteiger partial charge in [0.25, 0.3) is 0 Å². The molecule has 2 unspecified atom stereocenters. The van der Waals surface area contributed by atoms with Gasteiger partial charge in [0.15, 0.2) is 0 Å². The van der Waals surface area contributed by atoms with Crippen LogP contribution >= 0.6 is 0 Å². The predicted molar refractivity (Wildman–Crippen MR) is 74.9 cm³/mol. The van der Waals surface area contributed by atoms with Gasteiger partial charge in [0.05, 0.1) is 19.1 Å². The van der Waals surface area contributed by atoms with Crippen LogP contribution in [0.4, 0.5) is 4.39 Å². The maximum absolute atomic E-state index is 12.8. The van der Waals surface area contributed by atoms with Gasteiger partial charge in [0.1, 0.15) is 5.82 Å². The molecule has 1 aromatic rings. The normalized spacial score (nSPS) is 20.4. The molecule has 110 valence electrons. The highest BCUT2D eigenvalue weighted by molar-refractivity contribution is 5.76. The van der Waals surface area contributed by atoms with Crippen LogP contribution in [0.1, 0.15) is 18.9 Å². The van der Waals surface area contributed by atoms with Crippen LogP contribution in [-0.2, 0) is 16.0 Å². The van der Waals surface area contributed by atoms with E-state index in [9.17, 15) is 9.18 Å². The number of rotatable bonds is 5. The van der Waals surface area contributed by atoms with Crippen molar-refractivity contribution in [2.24, 2.45) is 0 Å². The van der Waals surface area contributed by atoms with Crippen LogP contribution in [0.25, 0.3) is 0 Å². The lowest BCUT2D eigenvalue weighted by molar-refractivity contribution is -0.125. The van der Waals surface area contributed by atoms with Crippen LogP contribution in [0.5, 0.6) is 0 Å². The van der Waals surface area contributed by atoms with Crippen molar-refractivity contribution in [1.82, 2.24) is 10.6 Å². The highest BCUT2D eigenvalue weighted by atomic mass is 19.1. The first-order valence-corrected chi connectivity index (χ1v) is 6.99. The van der Waals surface area contributed by atoms with Gasteiger partial charge in [0.2, 0.25) is 5.91 Å². The van der Waals surface area contributed by atoms with E-state index in [-0.39, 0.29) is 23.9 Å². The molecule has 0 aliphatic carbocycles. The van der Waals surface area contributed by atoms with E-state index in [1.54, 1.807) is 12.1 Å². The van der Waals surface area contributed by atoms with Crippen LogP contribution in [0, 0.1) is 5.82 Å². The molecule has 1 aliphatic heterocycles. The Labute approximate surface area is 118 Å². The Bertz CT molecular complexity index is 430. The highest BCUT2D eigenvalue weighted by Crippen LogP contribution is 2.07. The maximum atomic E-state index is 12.8. The number of nitrogens with one attached hydrogen (secondary N) is 2. The van der Waals surface area contributed by atoms with Crippen LogP contribution < -0.4 is 10.6 Å². The number of ether oxygens (including phenoxy) is 1. The van der Waals surface area contributed by atoms with Crippen LogP contribution in [-0.4, -0.2) is 37.7 Å². The predicted octanol–water partition coefficient (Wildman–Crippen LogP) is 1.25. The van der Waals surface area contributed by atoms with Gasteiger partial charge >= 0.3 is 0 Å². The van der Waals surface area contributed by atoms with Gasteiger partial charge in [-0.1, -0.05) is 12.1 Å². The molecule has 1 saturated heterocycles. The van der Waals surface area contributed by atoms with Crippen molar-refractivity contribution in [3.63, 3.8) is 0 Å². The van der Waals surface area contributed by atoms with E-state index >= 15 is 0 Å². The van der Waals surface area contributed by atoms with E-state index in [1.807, 2.05) is 6.92 Å². The second kappa shape index (κ2) is 7.36. The Kier molecular flexibility index (Phi) is 5.49. The molecule has 1 fully saturated rings. The zero-order valence-electron chi connectivity index (χ0n) is 11.7. The lowest BCUT2D eigenvalue weighted by Crippen LogP contribution is -2.43. The summed E-state index contributed by atoms with van der Waals surface area (Å²) < 4.78 is 18.3. The van der Waals surface area contributed by atoms with E-state index in [4.69, 9.17) is 4.74 Å². The molecule has 1 heterocycles. The van der Waals surface area contributed by atoms with Crippen molar-refractivity contribution in [2.75, 3.05) is 19.7 Å². The summed E-state index contributed by atoms with van der Waals surface area (Å²) in [6.07, 6.45) is 1.03. The molecule has 5 heteroatoms. The summed E-state index contributed by atoms with van der Waals surface area (Å²) in [5.74, 6) is -0.249. The van der Waals surface area contributed by atoms with Gasteiger partial charge in [-0.2, -0.15) is 0 Å². The quantitative estimate of drug-likeness (QED) is 0.853. The van der Waals surface area contributed by atoms with Gasteiger partial charge in [-0.25, -0.2) is 4.39 Å². The van der Waals surface area contributed by atoms with Crippen molar-refractivity contribution in [1.29, 1.82) is 0 Å². The minimum Gasteiger partial charge on any atom is -0.375 e. The molecule has 1 amide bonds. The van der Waals surface area contributed by atoms with Gasteiger partial charge in [-0.3, -0.25) is 4.79 Å². The molecule has 20 heavy (non-hydrogen) atoms. The Morgan fingerprint density at radius 2 is 2.25 bits per heavy atom. The number of halogens is 1. The zero-order chi connectivity index (χ0) is 14.4. The maximum Gasteiger partial charge on any atom is 0.222 e. The molecule has 4 nitrogen and oxygen atoms in total. The molecule has 1 aromatic carbocycles. The van der Waals surface area contributed by atoms with E-state index in [0.717, 1.165) is 18.7 Å². The van der Waals surface area contributed by atoms with E-state index in [0.29, 0.717) is 19.4 Å². The lowest BCUT2D eigenvalue weighted by Gasteiger charge is -2.24. The summed E-state index contributed by atoms with van der Waals surface area (Å²) in [6, 6.07) is 6.37. The van der Waals surface area contributed by atoms with Crippen LogP contribution in [0.2, 0.25) is 0 Å². The average Bonchev–Trinajstić information content (AvgIpc) is 2.42. The van der Waals surface area contributed by atoms with E-state index in [1.165, 1.54) is 12.1 Å². The van der Waals surface area contributed by atoms with Crippen molar-refractivity contribution in [2.45, 2.75) is 31.9 Å². The van der Waals surface area contributed by atoms with E-state index < -0.39 is 0 Å². The SMILES string of the molecule is CC(Cc1ccc(F)cc1)NC(=O)CC1CNCCO1. The van der Waals surface area contributed by atoms with Crippen molar-refractivity contribution in [3.8, 4) is 0 Å². The molecular weight excluding hydrogens is 259 g/mol. The fraction of sp³-hybridized carbons (Fsp3) is 0.533. The number of carbonyl (C=O) groups excluding carboxylic acids is 1. The smallest absolute Gasteiger partial charge is 0.222 e. The van der Waals surface area contributed by atoms with Gasteiger partial charge < -0.3 is 15.4 Å². The average molecular weight is 280 g/mol. The molecule has 2 N–H and O–H groups in total. The van der Waals surface area contributed by atoms with Gasteiger partial charge in [-0.05, 0) is 31.0 Å². The standard InChI is InChI=1S/C15H21FN2O2/c1-11(8-12-2-4-13(16)5-3-12)18-15(19)9-14-10-17-6-7-20-14/h2-5,11,14,17H,6-10H2,1H3,(H,18,19). The fourth-order valence-electron chi connectivity index (χ4n) is 2.32. The number of carbonyl (C=O) groups is 1. The summed E-state index contributed by atoms with van der Waals surface area (Å²) in [6.45, 7) is 4.17. The molecular formula is C15H21FN2O2. The van der Waals surface area contributed by atoms with Gasteiger partial charge in [-0.15, -0.1) is 0 Å². The minimum absolute atomic E-state index is 0.00619. The molecule has 1 aliphatic rings. The monoisotopic (exact) mass is 280 g/mol. The fourth-order valence-corrected chi connectivity index (χ4v) is 2.32. The Morgan fingerprint density at radius 3 is 2.90 bits per heavy atom. The third-order valence-electron chi connectivity index (χ3n) is 3.28. The molecule has 0 aromatic heterocycles. The molecule has 0 saturated carbocycles. The largest absolute Gasteiger partial charge is 0.375 e. The second-order valence-electron chi connectivity index (χ2n) is 5.20. The highest BCUT2D eigenvalue weighted by Gasteiger charge is 2.18.